The summed E-state index contributed by atoms with van der Waals surface area (Å²) in [5.74, 6) is -1.01. The van der Waals surface area contributed by atoms with Gasteiger partial charge in [-0.1, -0.05) is 148 Å². The molecule has 316 valence electrons. The van der Waals surface area contributed by atoms with Crippen molar-refractivity contribution in [3.63, 3.8) is 0 Å². The molecule has 1 saturated heterocycles. The van der Waals surface area contributed by atoms with E-state index in [1.54, 1.807) is 0 Å². The van der Waals surface area contributed by atoms with Gasteiger partial charge in [0.05, 0.1) is 13.2 Å². The molecule has 0 aliphatic carbocycles. The lowest BCUT2D eigenvalue weighted by molar-refractivity contribution is -0.305. The molecule has 1 aliphatic heterocycles. The number of unbranched alkanes of at least 4 members (excludes halogenated alkanes) is 1. The summed E-state index contributed by atoms with van der Waals surface area (Å²) in [5, 5.41) is 40.0. The van der Waals surface area contributed by atoms with Crippen LogP contribution in [0.4, 0.5) is 0 Å². The van der Waals surface area contributed by atoms with Gasteiger partial charge in [0.25, 0.3) is 0 Å². The molecule has 1 aliphatic rings. The van der Waals surface area contributed by atoms with E-state index in [0.717, 1.165) is 44.9 Å². The monoisotopic (exact) mass is 792 g/mol. The molecule has 0 bridgehead atoms. The zero-order chi connectivity index (χ0) is 41.6. The van der Waals surface area contributed by atoms with E-state index in [2.05, 4.69) is 80.7 Å². The van der Waals surface area contributed by atoms with Crippen LogP contribution >= 0.6 is 0 Å². The number of allylic oxidation sites excluding steroid dienone is 22. The molecule has 0 amide bonds. The zero-order valence-electron chi connectivity index (χ0n) is 34.0. The van der Waals surface area contributed by atoms with E-state index in [9.17, 15) is 30.0 Å². The fourth-order valence-corrected chi connectivity index (χ4v) is 5.01. The number of hydrogen-bond donors (Lipinski definition) is 4. The SMILES string of the molecule is CC/C=C/C=C/C=C/C=C/C=C/CCCC(=O)OC(COC(=O)CC/C=C/C/C=C/C/C=C/C/C=C/C/C=C/C/C=C/CC)CO[C@H]1O[C@@H](CO)[C@@H](O)C(O)C1O. The molecule has 10 nitrogen and oxygen atoms in total. The van der Waals surface area contributed by atoms with E-state index in [1.165, 1.54) is 0 Å². The van der Waals surface area contributed by atoms with E-state index in [1.807, 2.05) is 66.8 Å². The van der Waals surface area contributed by atoms with Crippen LogP contribution in [0.15, 0.2) is 134 Å². The van der Waals surface area contributed by atoms with Gasteiger partial charge in [-0.25, -0.2) is 0 Å². The van der Waals surface area contributed by atoms with Crippen molar-refractivity contribution >= 4 is 11.9 Å². The Balaban J connectivity index is 2.49. The third kappa shape index (κ3) is 28.0. The van der Waals surface area contributed by atoms with Gasteiger partial charge < -0.3 is 39.4 Å². The van der Waals surface area contributed by atoms with Crippen LogP contribution in [0, 0.1) is 0 Å². The molecule has 1 fully saturated rings. The minimum atomic E-state index is -1.63. The molecule has 1 rings (SSSR count). The minimum Gasteiger partial charge on any atom is -0.462 e. The zero-order valence-corrected chi connectivity index (χ0v) is 34.0. The second kappa shape index (κ2) is 36.2. The molecule has 3 unspecified atom stereocenters. The van der Waals surface area contributed by atoms with Gasteiger partial charge in [0.15, 0.2) is 12.4 Å². The maximum atomic E-state index is 12.7. The Kier molecular flexibility index (Phi) is 32.3. The van der Waals surface area contributed by atoms with E-state index in [0.29, 0.717) is 19.3 Å². The predicted molar refractivity (Wildman–Crippen MR) is 228 cm³/mol. The number of aliphatic hydroxyl groups is 4. The summed E-state index contributed by atoms with van der Waals surface area (Å²) in [7, 11) is 0. The minimum absolute atomic E-state index is 0.108. The Bertz CT molecular complexity index is 1380. The standard InChI is InChI=1S/C47H68O10/c1-3-5-7-9-11-13-15-17-18-19-20-21-22-24-25-27-29-31-33-35-42(49)54-38-40(39-55-47-46(53)45(52)44(51)41(37-48)57-47)56-43(50)36-34-32-30-28-26-23-16-14-12-10-8-6-4-2/h5-8,10-14,16-18,20-21,23-26,28-31,40-41,44-48,51-53H,3-4,9,15,19,22,27,32-39H2,1-2H3/b7-5+,8-6+,12-10+,13-11+,16-14+,18-17+,21-20+,25-24+,26-23+,30-28+,31-29+/t40?,41-,44+,45?,46?,47-/m0/s1. The number of rotatable bonds is 30. The van der Waals surface area contributed by atoms with Crippen LogP contribution < -0.4 is 0 Å². The smallest absolute Gasteiger partial charge is 0.306 e. The molecule has 0 aromatic heterocycles. The summed E-state index contributed by atoms with van der Waals surface area (Å²) in [6, 6.07) is 0. The highest BCUT2D eigenvalue weighted by molar-refractivity contribution is 5.70. The summed E-state index contributed by atoms with van der Waals surface area (Å²) >= 11 is 0. The summed E-state index contributed by atoms with van der Waals surface area (Å²) in [5.41, 5.74) is 0. The lowest BCUT2D eigenvalue weighted by Gasteiger charge is -2.39. The largest absolute Gasteiger partial charge is 0.462 e. The molecule has 0 spiro atoms. The van der Waals surface area contributed by atoms with E-state index in [4.69, 9.17) is 18.9 Å². The highest BCUT2D eigenvalue weighted by Gasteiger charge is 2.44. The van der Waals surface area contributed by atoms with Crippen molar-refractivity contribution < 1.29 is 49.0 Å². The van der Waals surface area contributed by atoms with Gasteiger partial charge in [0.1, 0.15) is 31.0 Å². The topological polar surface area (TPSA) is 152 Å². The van der Waals surface area contributed by atoms with Crippen molar-refractivity contribution in [2.24, 2.45) is 0 Å². The van der Waals surface area contributed by atoms with Gasteiger partial charge in [-0.3, -0.25) is 9.59 Å². The fourth-order valence-electron chi connectivity index (χ4n) is 5.01. The first kappa shape index (κ1) is 50.9. The van der Waals surface area contributed by atoms with Crippen molar-refractivity contribution in [3.8, 4) is 0 Å². The first-order chi connectivity index (χ1) is 27.8. The Morgan fingerprint density at radius 3 is 1.61 bits per heavy atom. The third-order valence-electron chi connectivity index (χ3n) is 8.17. The molecule has 0 aromatic rings. The molecule has 6 atom stereocenters. The normalized spacial score (nSPS) is 21.7. The second-order valence-corrected chi connectivity index (χ2v) is 13.1. The summed E-state index contributed by atoms with van der Waals surface area (Å²) < 4.78 is 21.9. The molecular weight excluding hydrogens is 725 g/mol. The molecule has 10 heteroatoms. The molecule has 4 N–H and O–H groups in total. The molecule has 0 saturated carbocycles. The number of ether oxygens (including phenoxy) is 4. The van der Waals surface area contributed by atoms with Crippen LogP contribution in [0.1, 0.15) is 90.9 Å². The van der Waals surface area contributed by atoms with Crippen molar-refractivity contribution in [1.82, 2.24) is 0 Å². The summed E-state index contributed by atoms with van der Waals surface area (Å²) in [4.78, 5) is 25.2. The highest BCUT2D eigenvalue weighted by atomic mass is 16.7. The van der Waals surface area contributed by atoms with Crippen molar-refractivity contribution in [2.45, 2.75) is 128 Å². The van der Waals surface area contributed by atoms with E-state index >= 15 is 0 Å². The van der Waals surface area contributed by atoms with Crippen molar-refractivity contribution in [2.75, 3.05) is 19.8 Å². The maximum absolute atomic E-state index is 12.7. The Morgan fingerprint density at radius 2 is 1.07 bits per heavy atom. The fraction of sp³-hybridized carbons (Fsp3) is 0.489. The van der Waals surface area contributed by atoms with Crippen molar-refractivity contribution in [3.05, 3.63) is 134 Å². The maximum Gasteiger partial charge on any atom is 0.306 e. The van der Waals surface area contributed by atoms with Gasteiger partial charge in [0.2, 0.25) is 0 Å². The number of aliphatic hydroxyl groups excluding tert-OH is 4. The van der Waals surface area contributed by atoms with Gasteiger partial charge in [0, 0.05) is 12.8 Å². The Morgan fingerprint density at radius 1 is 0.561 bits per heavy atom. The molecule has 0 radical (unpaired) electrons. The quantitative estimate of drug-likeness (QED) is 0.0243. The van der Waals surface area contributed by atoms with Crippen LogP contribution in [-0.4, -0.2) is 89.0 Å². The lowest BCUT2D eigenvalue weighted by atomic mass is 9.99. The number of carbonyl (C=O) groups excluding carboxylic acids is 2. The van der Waals surface area contributed by atoms with Crippen LogP contribution in [0.3, 0.4) is 0 Å². The molecular formula is C47H68O10. The average molecular weight is 793 g/mol. The number of hydrogen-bond acceptors (Lipinski definition) is 10. The highest BCUT2D eigenvalue weighted by Crippen LogP contribution is 2.22. The second-order valence-electron chi connectivity index (χ2n) is 13.1. The molecule has 57 heavy (non-hydrogen) atoms. The summed E-state index contributed by atoms with van der Waals surface area (Å²) in [6.45, 7) is 2.96. The van der Waals surface area contributed by atoms with Crippen LogP contribution in [0.5, 0.6) is 0 Å². The van der Waals surface area contributed by atoms with Crippen LogP contribution in [0.25, 0.3) is 0 Å². The molecule has 0 aromatic carbocycles. The van der Waals surface area contributed by atoms with Gasteiger partial charge in [-0.2, -0.15) is 0 Å². The Hall–Kier alpha value is -4.16. The van der Waals surface area contributed by atoms with Crippen LogP contribution in [0.2, 0.25) is 0 Å². The first-order valence-electron chi connectivity index (χ1n) is 20.3. The lowest BCUT2D eigenvalue weighted by Crippen LogP contribution is -2.59. The van der Waals surface area contributed by atoms with Crippen molar-refractivity contribution in [1.29, 1.82) is 0 Å². The van der Waals surface area contributed by atoms with Gasteiger partial charge in [-0.15, -0.1) is 0 Å². The third-order valence-corrected chi connectivity index (χ3v) is 8.17. The molecule has 1 heterocycles. The number of esters is 2. The van der Waals surface area contributed by atoms with Crippen LogP contribution in [-0.2, 0) is 28.5 Å². The number of carbonyl (C=O) groups is 2. The van der Waals surface area contributed by atoms with E-state index in [-0.39, 0.29) is 26.1 Å². The Labute approximate surface area is 341 Å². The van der Waals surface area contributed by atoms with E-state index < -0.39 is 55.4 Å². The summed E-state index contributed by atoms with van der Waals surface area (Å²) in [6.07, 6.45) is 44.8. The van der Waals surface area contributed by atoms with Gasteiger partial charge >= 0.3 is 11.9 Å². The first-order valence-corrected chi connectivity index (χ1v) is 20.3. The predicted octanol–water partition coefficient (Wildman–Crippen LogP) is 8.10. The average Bonchev–Trinajstić information content (AvgIpc) is 3.21. The van der Waals surface area contributed by atoms with Gasteiger partial charge in [-0.05, 0) is 64.2 Å².